The molecule has 0 fully saturated rings. The molecule has 0 aliphatic heterocycles. The molecule has 0 radical (unpaired) electrons. The number of carbonyl (C=O) groups excluding carboxylic acids is 1. The van der Waals surface area contributed by atoms with Crippen LogP contribution < -0.4 is 11.1 Å². The lowest BCUT2D eigenvalue weighted by atomic mass is 9.83. The Morgan fingerprint density at radius 3 is 2.27 bits per heavy atom. The Kier molecular flexibility index (Phi) is 8.21. The number of rotatable bonds is 9. The molecule has 1 amide bonds. The molecule has 7 heteroatoms. The second kappa shape index (κ2) is 11.5. The number of carbonyl (C=O) groups is 1. The van der Waals surface area contributed by atoms with E-state index in [2.05, 4.69) is 29.4 Å². The Morgan fingerprint density at radius 1 is 0.946 bits per heavy atom. The van der Waals surface area contributed by atoms with E-state index in [9.17, 15) is 9.90 Å². The largest absolute Gasteiger partial charge is 0.505 e. The van der Waals surface area contributed by atoms with E-state index in [1.54, 1.807) is 30.3 Å². The highest BCUT2D eigenvalue weighted by molar-refractivity contribution is 6.34. The molecule has 4 aromatic carbocycles. The zero-order chi connectivity index (χ0) is 26.4. The number of nitrogens with two attached hydrogens (primary N) is 1. The summed E-state index contributed by atoms with van der Waals surface area (Å²) in [6, 6.07) is 23.7. The van der Waals surface area contributed by atoms with Crippen molar-refractivity contribution in [1.29, 1.82) is 0 Å². The minimum atomic E-state index is -0.497. The number of fused-ring (bicyclic) bond motifs is 1. The van der Waals surface area contributed by atoms with Gasteiger partial charge in [-0.25, -0.2) is 0 Å². The number of nitrogens with zero attached hydrogens (tertiary/aromatic N) is 2. The summed E-state index contributed by atoms with van der Waals surface area (Å²) in [5.41, 5.74) is 8.79. The fraction of sp³-hybridized carbons (Fsp3) is 0.233. The zero-order valence-corrected chi connectivity index (χ0v) is 21.8. The highest BCUT2D eigenvalue weighted by atomic mass is 35.5. The molecule has 0 saturated heterocycles. The van der Waals surface area contributed by atoms with Crippen molar-refractivity contribution in [2.24, 2.45) is 16.0 Å². The van der Waals surface area contributed by atoms with Crippen molar-refractivity contribution < 1.29 is 9.90 Å². The SMILES string of the molecule is CCCC(N)(CCC)c1ccc(N=Nc2c(O)c(C(=O)Nc3ccccc3Cl)cc3ccccc23)cc1. The molecule has 4 aromatic rings. The number of nitrogens with one attached hydrogen (secondary N) is 1. The summed E-state index contributed by atoms with van der Waals surface area (Å²) < 4.78 is 0. The highest BCUT2D eigenvalue weighted by Gasteiger charge is 2.25. The summed E-state index contributed by atoms with van der Waals surface area (Å²) in [6.45, 7) is 4.28. The van der Waals surface area contributed by atoms with E-state index in [0.717, 1.165) is 36.6 Å². The molecule has 190 valence electrons. The summed E-state index contributed by atoms with van der Waals surface area (Å²) in [6.07, 6.45) is 3.82. The van der Waals surface area contributed by atoms with Gasteiger partial charge in [-0.05, 0) is 54.1 Å². The lowest BCUT2D eigenvalue weighted by molar-refractivity contribution is 0.102. The Morgan fingerprint density at radius 2 is 1.59 bits per heavy atom. The van der Waals surface area contributed by atoms with E-state index in [0.29, 0.717) is 21.8 Å². The second-order valence-electron chi connectivity index (χ2n) is 9.18. The molecule has 0 saturated carbocycles. The predicted octanol–water partition coefficient (Wildman–Crippen LogP) is 8.62. The van der Waals surface area contributed by atoms with Gasteiger partial charge in [0.25, 0.3) is 5.91 Å². The molecule has 0 spiro atoms. The number of hydrogen-bond donors (Lipinski definition) is 3. The van der Waals surface area contributed by atoms with E-state index in [-0.39, 0.29) is 22.5 Å². The van der Waals surface area contributed by atoms with Crippen LogP contribution in [0.5, 0.6) is 5.75 Å². The first-order chi connectivity index (χ1) is 17.9. The van der Waals surface area contributed by atoms with Crippen LogP contribution >= 0.6 is 11.6 Å². The number of amides is 1. The number of azo groups is 1. The Balaban J connectivity index is 1.68. The summed E-state index contributed by atoms with van der Waals surface area (Å²) in [5, 5.41) is 24.4. The lowest BCUT2D eigenvalue weighted by Gasteiger charge is -2.29. The molecule has 6 nitrogen and oxygen atoms in total. The van der Waals surface area contributed by atoms with Crippen LogP contribution in [-0.4, -0.2) is 11.0 Å². The minimum absolute atomic E-state index is 0.0787. The van der Waals surface area contributed by atoms with Gasteiger partial charge >= 0.3 is 0 Å². The molecule has 0 aliphatic rings. The van der Waals surface area contributed by atoms with Crippen molar-refractivity contribution in [1.82, 2.24) is 0 Å². The minimum Gasteiger partial charge on any atom is -0.505 e. The molecule has 0 aromatic heterocycles. The van der Waals surface area contributed by atoms with Crippen molar-refractivity contribution in [2.45, 2.75) is 45.1 Å². The number of benzene rings is 4. The van der Waals surface area contributed by atoms with Crippen LogP contribution in [0.1, 0.15) is 55.5 Å². The Labute approximate surface area is 222 Å². The van der Waals surface area contributed by atoms with E-state index < -0.39 is 5.91 Å². The summed E-state index contributed by atoms with van der Waals surface area (Å²) in [4.78, 5) is 13.1. The van der Waals surface area contributed by atoms with Gasteiger partial charge in [0.05, 0.1) is 22.0 Å². The molecular formula is C30H31ClN4O2. The number of halogens is 1. The van der Waals surface area contributed by atoms with Gasteiger partial charge in [0.1, 0.15) is 5.69 Å². The number of para-hydroxylation sites is 1. The van der Waals surface area contributed by atoms with Crippen LogP contribution in [-0.2, 0) is 5.54 Å². The third kappa shape index (κ3) is 5.82. The highest BCUT2D eigenvalue weighted by Crippen LogP contribution is 2.40. The maximum atomic E-state index is 13.1. The van der Waals surface area contributed by atoms with Gasteiger partial charge in [-0.2, -0.15) is 5.11 Å². The molecule has 4 rings (SSSR count). The average molecular weight is 515 g/mol. The van der Waals surface area contributed by atoms with Crippen LogP contribution in [0.15, 0.2) is 89.1 Å². The van der Waals surface area contributed by atoms with E-state index in [1.165, 1.54) is 0 Å². The van der Waals surface area contributed by atoms with Crippen LogP contribution in [0.4, 0.5) is 17.1 Å². The summed E-state index contributed by atoms with van der Waals surface area (Å²) in [7, 11) is 0. The average Bonchev–Trinajstić information content (AvgIpc) is 2.89. The third-order valence-corrected chi connectivity index (χ3v) is 6.79. The van der Waals surface area contributed by atoms with Gasteiger partial charge < -0.3 is 16.2 Å². The molecular weight excluding hydrogens is 484 g/mol. The molecule has 0 aliphatic carbocycles. The van der Waals surface area contributed by atoms with Gasteiger partial charge in [0.2, 0.25) is 0 Å². The molecule has 37 heavy (non-hydrogen) atoms. The van der Waals surface area contributed by atoms with Gasteiger partial charge in [-0.1, -0.05) is 86.8 Å². The quantitative estimate of drug-likeness (QED) is 0.195. The first kappa shape index (κ1) is 26.3. The Bertz CT molecular complexity index is 1430. The molecule has 0 heterocycles. The van der Waals surface area contributed by atoms with E-state index in [1.807, 2.05) is 48.5 Å². The zero-order valence-electron chi connectivity index (χ0n) is 21.0. The van der Waals surface area contributed by atoms with Gasteiger partial charge in [-0.15, -0.1) is 5.11 Å². The lowest BCUT2D eigenvalue weighted by Crippen LogP contribution is -2.36. The number of hydrogen-bond acceptors (Lipinski definition) is 5. The van der Waals surface area contributed by atoms with Crippen molar-refractivity contribution in [2.75, 3.05) is 5.32 Å². The third-order valence-electron chi connectivity index (χ3n) is 6.46. The standard InChI is InChI=1S/C30H31ClN4O2/c1-3-17-30(32,18-4-2)21-13-15-22(16-14-21)34-35-27-23-10-6-5-9-20(23)19-24(28(27)36)29(37)33-26-12-8-7-11-25(26)31/h5-16,19,36H,3-4,17-18,32H2,1-2H3,(H,33,37). The smallest absolute Gasteiger partial charge is 0.259 e. The summed E-state index contributed by atoms with van der Waals surface area (Å²) >= 11 is 6.20. The summed E-state index contributed by atoms with van der Waals surface area (Å²) in [5.74, 6) is -0.751. The number of aromatic hydroxyl groups is 1. The van der Waals surface area contributed by atoms with Gasteiger partial charge in [0.15, 0.2) is 5.75 Å². The first-order valence-electron chi connectivity index (χ1n) is 12.5. The Hall–Kier alpha value is -3.74. The van der Waals surface area contributed by atoms with E-state index >= 15 is 0 Å². The molecule has 0 unspecified atom stereocenters. The monoisotopic (exact) mass is 514 g/mol. The molecule has 0 atom stereocenters. The number of phenols is 1. The first-order valence-corrected chi connectivity index (χ1v) is 12.9. The van der Waals surface area contributed by atoms with Crippen molar-refractivity contribution in [3.05, 3.63) is 95.0 Å². The van der Waals surface area contributed by atoms with E-state index in [4.69, 9.17) is 17.3 Å². The van der Waals surface area contributed by atoms with Crippen LogP contribution in [0.2, 0.25) is 5.02 Å². The van der Waals surface area contributed by atoms with Crippen molar-refractivity contribution in [3.8, 4) is 5.75 Å². The fourth-order valence-electron chi connectivity index (χ4n) is 4.62. The van der Waals surface area contributed by atoms with Gasteiger partial charge in [-0.3, -0.25) is 4.79 Å². The molecule has 4 N–H and O–H groups in total. The van der Waals surface area contributed by atoms with Crippen LogP contribution in [0.25, 0.3) is 10.8 Å². The van der Waals surface area contributed by atoms with Gasteiger partial charge in [0, 0.05) is 10.9 Å². The van der Waals surface area contributed by atoms with Crippen molar-refractivity contribution in [3.63, 3.8) is 0 Å². The number of phenolic OH excluding ortho intramolecular Hbond substituents is 1. The maximum Gasteiger partial charge on any atom is 0.259 e. The second-order valence-corrected chi connectivity index (χ2v) is 9.59. The molecule has 0 bridgehead atoms. The number of anilines is 1. The normalized spacial score (nSPS) is 11.8. The van der Waals surface area contributed by atoms with Crippen molar-refractivity contribution >= 4 is 45.3 Å². The topological polar surface area (TPSA) is 100 Å². The fourth-order valence-corrected chi connectivity index (χ4v) is 4.80. The maximum absolute atomic E-state index is 13.1. The predicted molar refractivity (Wildman–Crippen MR) is 151 cm³/mol. The van der Waals surface area contributed by atoms with Crippen LogP contribution in [0.3, 0.4) is 0 Å². The van der Waals surface area contributed by atoms with Crippen LogP contribution in [0, 0.1) is 0 Å².